The van der Waals surface area contributed by atoms with E-state index in [1.807, 2.05) is 4.90 Å². The summed E-state index contributed by atoms with van der Waals surface area (Å²) >= 11 is 1.78. The fraction of sp³-hybridized carbons (Fsp3) is 0.450. The van der Waals surface area contributed by atoms with Crippen LogP contribution in [0.15, 0.2) is 36.4 Å². The summed E-state index contributed by atoms with van der Waals surface area (Å²) in [5, 5.41) is 3.06. The Morgan fingerprint density at radius 2 is 1.88 bits per heavy atom. The zero-order valence-corrected chi connectivity index (χ0v) is 15.9. The van der Waals surface area contributed by atoms with Gasteiger partial charge in [-0.25, -0.2) is 4.79 Å². The third-order valence-corrected chi connectivity index (χ3v) is 5.86. The van der Waals surface area contributed by atoms with Gasteiger partial charge in [-0.2, -0.15) is 0 Å². The fourth-order valence-corrected chi connectivity index (χ4v) is 4.06. The summed E-state index contributed by atoms with van der Waals surface area (Å²) < 4.78 is 0. The number of carbonyl (C=O) groups is 1. The number of aryl methyl sites for hydroxylation is 2. The lowest BCUT2D eigenvalue weighted by Crippen LogP contribution is -2.51. The molecule has 0 saturated carbocycles. The number of nitrogens with one attached hydrogen (secondary N) is 1. The Bertz CT molecular complexity index is 704. The molecule has 1 aromatic heterocycles. The monoisotopic (exact) mass is 357 g/mol. The van der Waals surface area contributed by atoms with E-state index in [9.17, 15) is 4.79 Å². The number of piperazine rings is 1. The zero-order chi connectivity index (χ0) is 17.6. The minimum atomic E-state index is 0.0571. The number of nitrogens with zero attached hydrogens (tertiary/aromatic N) is 2. The minimum absolute atomic E-state index is 0.0571. The average Bonchev–Trinajstić information content (AvgIpc) is 3.08. The van der Waals surface area contributed by atoms with Crippen LogP contribution in [0.2, 0.25) is 0 Å². The third kappa shape index (κ3) is 5.06. The maximum Gasteiger partial charge on any atom is 0.317 e. The quantitative estimate of drug-likeness (QED) is 0.887. The maximum atomic E-state index is 12.4. The van der Waals surface area contributed by atoms with E-state index in [0.29, 0.717) is 6.54 Å². The molecule has 0 spiro atoms. The summed E-state index contributed by atoms with van der Waals surface area (Å²) in [6.07, 6.45) is 1.06. The molecule has 1 aliphatic rings. The van der Waals surface area contributed by atoms with E-state index in [4.69, 9.17) is 0 Å². The lowest BCUT2D eigenvalue weighted by molar-refractivity contribution is 0.135. The van der Waals surface area contributed by atoms with Crippen LogP contribution in [0.1, 0.15) is 27.8 Å². The number of benzene rings is 1. The second-order valence-corrected chi connectivity index (χ2v) is 7.89. The SMILES string of the molecule is CCc1ccc(CNC(=O)N2CCN(Cc3cccc(C)c3)CC2)s1. The van der Waals surface area contributed by atoms with E-state index in [1.165, 1.54) is 20.9 Å². The third-order valence-electron chi connectivity index (χ3n) is 4.63. The van der Waals surface area contributed by atoms with Crippen LogP contribution in [0, 0.1) is 6.92 Å². The molecule has 0 bridgehead atoms. The molecule has 134 valence electrons. The summed E-state index contributed by atoms with van der Waals surface area (Å²) in [6.45, 7) is 9.33. The summed E-state index contributed by atoms with van der Waals surface area (Å²) in [5.74, 6) is 0. The number of rotatable bonds is 5. The highest BCUT2D eigenvalue weighted by Gasteiger charge is 2.21. The van der Waals surface area contributed by atoms with Gasteiger partial charge < -0.3 is 10.2 Å². The van der Waals surface area contributed by atoms with Crippen molar-refractivity contribution in [2.45, 2.75) is 33.4 Å². The van der Waals surface area contributed by atoms with Gasteiger partial charge in [0.1, 0.15) is 0 Å². The van der Waals surface area contributed by atoms with Gasteiger partial charge in [0.2, 0.25) is 0 Å². The van der Waals surface area contributed by atoms with Crippen LogP contribution in [0.25, 0.3) is 0 Å². The molecular weight excluding hydrogens is 330 g/mol. The molecule has 3 rings (SSSR count). The number of thiophene rings is 1. The van der Waals surface area contributed by atoms with Crippen LogP contribution in [0.3, 0.4) is 0 Å². The largest absolute Gasteiger partial charge is 0.333 e. The van der Waals surface area contributed by atoms with Gasteiger partial charge in [0.25, 0.3) is 0 Å². The van der Waals surface area contributed by atoms with Crippen molar-refractivity contribution < 1.29 is 4.79 Å². The molecule has 0 aliphatic carbocycles. The topological polar surface area (TPSA) is 35.6 Å². The first-order valence-corrected chi connectivity index (χ1v) is 9.84. The lowest BCUT2D eigenvalue weighted by Gasteiger charge is -2.34. The number of carbonyl (C=O) groups excluding carboxylic acids is 1. The molecule has 0 radical (unpaired) electrons. The Labute approximate surface area is 154 Å². The van der Waals surface area contributed by atoms with Gasteiger partial charge in [-0.3, -0.25) is 4.90 Å². The predicted octanol–water partition coefficient (Wildman–Crippen LogP) is 3.65. The van der Waals surface area contributed by atoms with Crippen LogP contribution >= 0.6 is 11.3 Å². The fourth-order valence-electron chi connectivity index (χ4n) is 3.16. The average molecular weight is 358 g/mol. The van der Waals surface area contributed by atoms with Crippen molar-refractivity contribution in [3.63, 3.8) is 0 Å². The Morgan fingerprint density at radius 1 is 1.12 bits per heavy atom. The summed E-state index contributed by atoms with van der Waals surface area (Å²) in [4.78, 5) is 19.3. The van der Waals surface area contributed by atoms with Gasteiger partial charge in [0.05, 0.1) is 6.54 Å². The normalized spacial score (nSPS) is 15.4. The second kappa shape index (κ2) is 8.50. The molecular formula is C20H27N3OS. The van der Waals surface area contributed by atoms with Crippen molar-refractivity contribution in [2.24, 2.45) is 0 Å². The molecule has 1 N–H and O–H groups in total. The molecule has 2 aromatic rings. The lowest BCUT2D eigenvalue weighted by atomic mass is 10.1. The Morgan fingerprint density at radius 3 is 2.56 bits per heavy atom. The first-order valence-electron chi connectivity index (χ1n) is 9.02. The number of urea groups is 1. The van der Waals surface area contributed by atoms with E-state index in [-0.39, 0.29) is 6.03 Å². The Kier molecular flexibility index (Phi) is 6.10. The first kappa shape index (κ1) is 18.0. The van der Waals surface area contributed by atoms with Crippen LogP contribution in [0.5, 0.6) is 0 Å². The molecule has 25 heavy (non-hydrogen) atoms. The van der Waals surface area contributed by atoms with E-state index < -0.39 is 0 Å². The van der Waals surface area contributed by atoms with Crippen molar-refractivity contribution in [3.05, 3.63) is 57.3 Å². The highest BCUT2D eigenvalue weighted by Crippen LogP contribution is 2.17. The second-order valence-electron chi connectivity index (χ2n) is 6.63. The molecule has 0 atom stereocenters. The summed E-state index contributed by atoms with van der Waals surface area (Å²) in [7, 11) is 0. The van der Waals surface area contributed by atoms with Crippen molar-refractivity contribution in [3.8, 4) is 0 Å². The highest BCUT2D eigenvalue weighted by atomic mass is 32.1. The Hall–Kier alpha value is -1.85. The molecule has 0 unspecified atom stereocenters. The molecule has 1 aliphatic heterocycles. The van der Waals surface area contributed by atoms with Crippen LogP contribution in [0.4, 0.5) is 4.79 Å². The van der Waals surface area contributed by atoms with E-state index in [0.717, 1.165) is 39.1 Å². The molecule has 1 aromatic carbocycles. The van der Waals surface area contributed by atoms with Crippen LogP contribution in [-0.2, 0) is 19.5 Å². The van der Waals surface area contributed by atoms with Crippen LogP contribution in [-0.4, -0.2) is 42.0 Å². The molecule has 2 amide bonds. The van der Waals surface area contributed by atoms with Crippen molar-refractivity contribution in [1.82, 2.24) is 15.1 Å². The molecule has 1 saturated heterocycles. The number of amides is 2. The van der Waals surface area contributed by atoms with Crippen LogP contribution < -0.4 is 5.32 Å². The maximum absolute atomic E-state index is 12.4. The van der Waals surface area contributed by atoms with E-state index >= 15 is 0 Å². The van der Waals surface area contributed by atoms with Gasteiger partial charge in [-0.15, -0.1) is 11.3 Å². The number of hydrogen-bond donors (Lipinski definition) is 1. The molecule has 5 heteroatoms. The van der Waals surface area contributed by atoms with Crippen molar-refractivity contribution in [2.75, 3.05) is 26.2 Å². The Balaban J connectivity index is 1.42. The smallest absolute Gasteiger partial charge is 0.317 e. The van der Waals surface area contributed by atoms with Gasteiger partial charge in [0, 0.05) is 42.5 Å². The van der Waals surface area contributed by atoms with Crippen molar-refractivity contribution >= 4 is 17.4 Å². The van der Waals surface area contributed by atoms with Gasteiger partial charge in [-0.1, -0.05) is 36.8 Å². The molecule has 1 fully saturated rings. The summed E-state index contributed by atoms with van der Waals surface area (Å²) in [5.41, 5.74) is 2.65. The molecule has 4 nitrogen and oxygen atoms in total. The number of hydrogen-bond acceptors (Lipinski definition) is 3. The van der Waals surface area contributed by atoms with Crippen molar-refractivity contribution in [1.29, 1.82) is 0 Å². The van der Waals surface area contributed by atoms with Gasteiger partial charge in [-0.05, 0) is 31.0 Å². The van der Waals surface area contributed by atoms with Gasteiger partial charge >= 0.3 is 6.03 Å². The summed E-state index contributed by atoms with van der Waals surface area (Å²) in [6, 6.07) is 13.0. The molecule has 2 heterocycles. The minimum Gasteiger partial charge on any atom is -0.333 e. The van der Waals surface area contributed by atoms with E-state index in [1.54, 1.807) is 11.3 Å². The standard InChI is InChI=1S/C20H27N3OS/c1-3-18-7-8-19(25-18)14-21-20(24)23-11-9-22(10-12-23)15-17-6-4-5-16(2)13-17/h4-8,13H,3,9-12,14-15H2,1-2H3,(H,21,24). The highest BCUT2D eigenvalue weighted by molar-refractivity contribution is 7.11. The van der Waals surface area contributed by atoms with E-state index in [2.05, 4.69) is 60.5 Å². The predicted molar refractivity (Wildman–Crippen MR) is 104 cm³/mol. The van der Waals surface area contributed by atoms with Gasteiger partial charge in [0.15, 0.2) is 0 Å². The first-order chi connectivity index (χ1) is 12.1. The zero-order valence-electron chi connectivity index (χ0n) is 15.1.